The summed E-state index contributed by atoms with van der Waals surface area (Å²) >= 11 is 0. The normalized spacial score (nSPS) is 9.92. The van der Waals surface area contributed by atoms with Gasteiger partial charge in [-0.1, -0.05) is 6.92 Å². The van der Waals surface area contributed by atoms with Gasteiger partial charge in [0, 0.05) is 25.5 Å². The minimum atomic E-state index is 0.845. The summed E-state index contributed by atoms with van der Waals surface area (Å²) in [6.45, 7) is 2.14. The molecule has 1 aromatic rings. The van der Waals surface area contributed by atoms with Crippen LogP contribution in [0.4, 0.5) is 11.4 Å². The Balaban J connectivity index is 3.11. The van der Waals surface area contributed by atoms with Crippen LogP contribution in [0.15, 0.2) is 18.2 Å². The molecule has 12 heavy (non-hydrogen) atoms. The third kappa shape index (κ3) is 1.70. The lowest BCUT2D eigenvalue weighted by Gasteiger charge is -2.16. The van der Waals surface area contributed by atoms with Crippen LogP contribution in [0.5, 0.6) is 0 Å². The van der Waals surface area contributed by atoms with Gasteiger partial charge in [0.25, 0.3) is 0 Å². The number of nitrogen functional groups attached to an aromatic ring is 1. The number of hydrogen-bond donors (Lipinski definition) is 1. The third-order valence-electron chi connectivity index (χ3n) is 1.97. The SMILES string of the molecule is CCc1cc(N)ccc1N(C)C. The lowest BCUT2D eigenvalue weighted by atomic mass is 10.1. The Labute approximate surface area is 74.0 Å². The fourth-order valence-corrected chi connectivity index (χ4v) is 1.32. The monoisotopic (exact) mass is 164 g/mol. The minimum Gasteiger partial charge on any atom is -0.399 e. The average Bonchev–Trinajstić information content (AvgIpc) is 2.03. The Morgan fingerprint density at radius 3 is 2.50 bits per heavy atom. The molecule has 0 radical (unpaired) electrons. The number of nitrogens with two attached hydrogens (primary N) is 1. The first-order chi connectivity index (χ1) is 5.65. The van der Waals surface area contributed by atoms with E-state index in [0.717, 1.165) is 12.1 Å². The molecule has 66 valence electrons. The van der Waals surface area contributed by atoms with Crippen LogP contribution in [-0.2, 0) is 6.42 Å². The summed E-state index contributed by atoms with van der Waals surface area (Å²) in [5.74, 6) is 0. The molecule has 0 fully saturated rings. The Morgan fingerprint density at radius 1 is 1.33 bits per heavy atom. The predicted molar refractivity (Wildman–Crippen MR) is 54.6 cm³/mol. The van der Waals surface area contributed by atoms with Crippen molar-refractivity contribution >= 4 is 11.4 Å². The van der Waals surface area contributed by atoms with Crippen LogP contribution >= 0.6 is 0 Å². The molecule has 0 aromatic heterocycles. The fourth-order valence-electron chi connectivity index (χ4n) is 1.32. The third-order valence-corrected chi connectivity index (χ3v) is 1.97. The maximum absolute atomic E-state index is 5.68. The van der Waals surface area contributed by atoms with Crippen molar-refractivity contribution in [3.63, 3.8) is 0 Å². The number of benzene rings is 1. The molecule has 0 spiro atoms. The quantitative estimate of drug-likeness (QED) is 0.676. The summed E-state index contributed by atoms with van der Waals surface area (Å²) in [6.07, 6.45) is 1.03. The molecular formula is C10H16N2. The summed E-state index contributed by atoms with van der Waals surface area (Å²) in [7, 11) is 4.09. The van der Waals surface area contributed by atoms with Crippen molar-refractivity contribution in [1.29, 1.82) is 0 Å². The first kappa shape index (κ1) is 8.91. The molecule has 2 N–H and O–H groups in total. The van der Waals surface area contributed by atoms with Gasteiger partial charge in [-0.05, 0) is 30.2 Å². The smallest absolute Gasteiger partial charge is 0.0394 e. The molecule has 1 aromatic carbocycles. The van der Waals surface area contributed by atoms with E-state index in [1.807, 2.05) is 26.2 Å². The molecule has 0 atom stereocenters. The standard InChI is InChI=1S/C10H16N2/c1-4-8-7-9(11)5-6-10(8)12(2)3/h5-7H,4,11H2,1-3H3. The number of rotatable bonds is 2. The first-order valence-corrected chi connectivity index (χ1v) is 4.21. The molecule has 1 rings (SSSR count). The summed E-state index contributed by atoms with van der Waals surface area (Å²) < 4.78 is 0. The van der Waals surface area contributed by atoms with Gasteiger partial charge in [-0.3, -0.25) is 0 Å². The summed E-state index contributed by atoms with van der Waals surface area (Å²) in [5.41, 5.74) is 9.09. The minimum absolute atomic E-state index is 0.845. The van der Waals surface area contributed by atoms with Crippen molar-refractivity contribution in [3.8, 4) is 0 Å². The number of hydrogen-bond acceptors (Lipinski definition) is 2. The van der Waals surface area contributed by atoms with E-state index in [9.17, 15) is 0 Å². The van der Waals surface area contributed by atoms with Crippen LogP contribution in [0.1, 0.15) is 12.5 Å². The number of aryl methyl sites for hydroxylation is 1. The van der Waals surface area contributed by atoms with Crippen molar-refractivity contribution in [2.45, 2.75) is 13.3 Å². The van der Waals surface area contributed by atoms with E-state index < -0.39 is 0 Å². The van der Waals surface area contributed by atoms with Gasteiger partial charge in [0.1, 0.15) is 0 Å². The zero-order valence-electron chi connectivity index (χ0n) is 7.96. The first-order valence-electron chi connectivity index (χ1n) is 4.21. The lowest BCUT2D eigenvalue weighted by Crippen LogP contribution is -2.11. The maximum Gasteiger partial charge on any atom is 0.0394 e. The van der Waals surface area contributed by atoms with Gasteiger partial charge in [-0.25, -0.2) is 0 Å². The highest BCUT2D eigenvalue weighted by Crippen LogP contribution is 2.21. The zero-order chi connectivity index (χ0) is 9.14. The lowest BCUT2D eigenvalue weighted by molar-refractivity contribution is 1.06. The van der Waals surface area contributed by atoms with Gasteiger partial charge in [-0.15, -0.1) is 0 Å². The van der Waals surface area contributed by atoms with E-state index >= 15 is 0 Å². The highest BCUT2D eigenvalue weighted by atomic mass is 15.1. The molecule has 0 saturated heterocycles. The highest BCUT2D eigenvalue weighted by Gasteiger charge is 2.01. The van der Waals surface area contributed by atoms with Gasteiger partial charge in [0.2, 0.25) is 0 Å². The van der Waals surface area contributed by atoms with E-state index in [0.29, 0.717) is 0 Å². The second-order valence-corrected chi connectivity index (χ2v) is 3.14. The molecule has 0 aliphatic carbocycles. The zero-order valence-corrected chi connectivity index (χ0v) is 7.96. The van der Waals surface area contributed by atoms with Gasteiger partial charge < -0.3 is 10.6 Å². The molecule has 0 aliphatic heterocycles. The largest absolute Gasteiger partial charge is 0.399 e. The van der Waals surface area contributed by atoms with Crippen molar-refractivity contribution in [2.24, 2.45) is 0 Å². The second-order valence-electron chi connectivity index (χ2n) is 3.14. The van der Waals surface area contributed by atoms with Crippen LogP contribution in [0.2, 0.25) is 0 Å². The molecule has 0 aliphatic rings. The molecule has 0 unspecified atom stereocenters. The van der Waals surface area contributed by atoms with E-state index in [1.165, 1.54) is 11.3 Å². The van der Waals surface area contributed by atoms with Crippen LogP contribution < -0.4 is 10.6 Å². The second kappa shape index (κ2) is 3.48. The van der Waals surface area contributed by atoms with Crippen LogP contribution in [0.25, 0.3) is 0 Å². The molecular weight excluding hydrogens is 148 g/mol. The Kier molecular flexibility index (Phi) is 2.58. The molecule has 2 heteroatoms. The molecule has 0 bridgehead atoms. The number of anilines is 2. The summed E-state index contributed by atoms with van der Waals surface area (Å²) in [5, 5.41) is 0. The van der Waals surface area contributed by atoms with E-state index in [4.69, 9.17) is 5.73 Å². The van der Waals surface area contributed by atoms with Gasteiger partial charge in [0.15, 0.2) is 0 Å². The van der Waals surface area contributed by atoms with E-state index in [1.54, 1.807) is 0 Å². The van der Waals surface area contributed by atoms with Crippen LogP contribution in [0.3, 0.4) is 0 Å². The fraction of sp³-hybridized carbons (Fsp3) is 0.400. The van der Waals surface area contributed by atoms with Crippen molar-refractivity contribution < 1.29 is 0 Å². The molecule has 0 saturated carbocycles. The highest BCUT2D eigenvalue weighted by molar-refractivity contribution is 5.58. The average molecular weight is 164 g/mol. The van der Waals surface area contributed by atoms with Crippen molar-refractivity contribution in [3.05, 3.63) is 23.8 Å². The van der Waals surface area contributed by atoms with Gasteiger partial charge in [0.05, 0.1) is 0 Å². The Bertz CT molecular complexity index is 267. The predicted octanol–water partition coefficient (Wildman–Crippen LogP) is 1.90. The molecule has 0 amide bonds. The topological polar surface area (TPSA) is 29.3 Å². The number of nitrogens with zero attached hydrogens (tertiary/aromatic N) is 1. The van der Waals surface area contributed by atoms with Crippen molar-refractivity contribution in [2.75, 3.05) is 24.7 Å². The van der Waals surface area contributed by atoms with E-state index in [-0.39, 0.29) is 0 Å². The summed E-state index contributed by atoms with van der Waals surface area (Å²) in [6, 6.07) is 6.04. The van der Waals surface area contributed by atoms with Gasteiger partial charge >= 0.3 is 0 Å². The van der Waals surface area contributed by atoms with Crippen molar-refractivity contribution in [1.82, 2.24) is 0 Å². The molecule has 0 heterocycles. The van der Waals surface area contributed by atoms with E-state index in [2.05, 4.69) is 17.9 Å². The Morgan fingerprint density at radius 2 is 2.00 bits per heavy atom. The Hall–Kier alpha value is -1.18. The van der Waals surface area contributed by atoms with Gasteiger partial charge in [-0.2, -0.15) is 0 Å². The van der Waals surface area contributed by atoms with Crippen LogP contribution in [-0.4, -0.2) is 14.1 Å². The summed E-state index contributed by atoms with van der Waals surface area (Å²) in [4.78, 5) is 2.11. The van der Waals surface area contributed by atoms with Crippen LogP contribution in [0, 0.1) is 0 Å². The molecule has 2 nitrogen and oxygen atoms in total. The maximum atomic E-state index is 5.68.